The second kappa shape index (κ2) is 9.26. The smallest absolute Gasteiger partial charge is 0.329 e. The molecule has 3 rings (SSSR count). The molecule has 0 spiro atoms. The van der Waals surface area contributed by atoms with Crippen LogP contribution in [0.15, 0.2) is 78.9 Å². The molecule has 0 bridgehead atoms. The van der Waals surface area contributed by atoms with E-state index >= 15 is 0 Å². The number of carboxylic acid groups (broad SMARTS) is 1. The lowest BCUT2D eigenvalue weighted by atomic mass is 9.87. The molecule has 1 amide bonds. The van der Waals surface area contributed by atoms with Crippen molar-refractivity contribution in [3.8, 4) is 5.75 Å². The molecule has 1 unspecified atom stereocenters. The number of phenols is 1. The van der Waals surface area contributed by atoms with Crippen molar-refractivity contribution in [1.82, 2.24) is 5.32 Å². The number of aromatic hydroxyl groups is 1. The number of carbonyl (C=O) groups is 3. The molecule has 3 aromatic rings. The van der Waals surface area contributed by atoms with E-state index in [0.717, 1.165) is 0 Å². The van der Waals surface area contributed by atoms with E-state index in [2.05, 4.69) is 5.32 Å². The summed E-state index contributed by atoms with van der Waals surface area (Å²) in [6.07, 6.45) is 0.231. The summed E-state index contributed by atoms with van der Waals surface area (Å²) in [5, 5.41) is 22.0. The predicted molar refractivity (Wildman–Crippen MR) is 116 cm³/mol. The Bertz CT molecular complexity index is 1080. The lowest BCUT2D eigenvalue weighted by Crippen LogP contribution is -2.55. The maximum Gasteiger partial charge on any atom is 0.329 e. The van der Waals surface area contributed by atoms with Crippen molar-refractivity contribution in [3.63, 3.8) is 0 Å². The molecular weight excluding hydrogens is 394 g/mol. The summed E-state index contributed by atoms with van der Waals surface area (Å²) in [6, 6.07) is 21.1. The van der Waals surface area contributed by atoms with Gasteiger partial charge in [-0.3, -0.25) is 9.59 Å². The van der Waals surface area contributed by atoms with Gasteiger partial charge in [-0.1, -0.05) is 61.5 Å². The van der Waals surface area contributed by atoms with Crippen LogP contribution in [0, 0.1) is 0 Å². The average Bonchev–Trinajstić information content (AvgIpc) is 2.80. The number of phenolic OH excluding ortho intramolecular Hbond substituents is 1. The van der Waals surface area contributed by atoms with Crippen LogP contribution in [0.25, 0.3) is 0 Å². The Morgan fingerprint density at radius 3 is 1.90 bits per heavy atom. The molecule has 0 aromatic heterocycles. The highest BCUT2D eigenvalue weighted by atomic mass is 16.4. The Labute approximate surface area is 180 Å². The first-order valence-corrected chi connectivity index (χ1v) is 9.88. The summed E-state index contributed by atoms with van der Waals surface area (Å²) in [5.74, 6) is -1.77. The number of benzene rings is 3. The Hall–Kier alpha value is -3.93. The minimum Gasteiger partial charge on any atom is -0.508 e. The first-order chi connectivity index (χ1) is 14.8. The number of carbonyl (C=O) groups excluding carboxylic acids is 2. The molecule has 0 aliphatic rings. The summed E-state index contributed by atoms with van der Waals surface area (Å²) in [7, 11) is 0. The van der Waals surface area contributed by atoms with Crippen molar-refractivity contribution in [2.45, 2.75) is 25.3 Å². The van der Waals surface area contributed by atoms with Crippen LogP contribution in [0.1, 0.15) is 45.2 Å². The summed E-state index contributed by atoms with van der Waals surface area (Å²) in [5.41, 5.74) is 0.406. The fourth-order valence-electron chi connectivity index (χ4n) is 3.32. The molecule has 0 saturated carbocycles. The van der Waals surface area contributed by atoms with Gasteiger partial charge in [0.2, 0.25) is 0 Å². The zero-order valence-electron chi connectivity index (χ0n) is 17.0. The van der Waals surface area contributed by atoms with Gasteiger partial charge in [-0.2, -0.15) is 0 Å². The van der Waals surface area contributed by atoms with E-state index in [1.165, 1.54) is 24.3 Å². The fraction of sp³-hybridized carbons (Fsp3) is 0.160. The Morgan fingerprint density at radius 2 is 1.35 bits per heavy atom. The van der Waals surface area contributed by atoms with Crippen LogP contribution in [-0.2, 0) is 11.2 Å². The Morgan fingerprint density at radius 1 is 0.806 bits per heavy atom. The number of aliphatic carboxylic acids is 1. The largest absolute Gasteiger partial charge is 0.508 e. The van der Waals surface area contributed by atoms with Crippen molar-refractivity contribution in [3.05, 3.63) is 101 Å². The third-order valence-electron chi connectivity index (χ3n) is 5.25. The zero-order valence-corrected chi connectivity index (χ0v) is 17.0. The van der Waals surface area contributed by atoms with E-state index in [0.29, 0.717) is 16.7 Å². The van der Waals surface area contributed by atoms with Crippen molar-refractivity contribution in [2.75, 3.05) is 0 Å². The number of rotatable bonds is 8. The molecule has 1 atom stereocenters. The van der Waals surface area contributed by atoms with Crippen LogP contribution >= 0.6 is 0 Å². The average molecular weight is 417 g/mol. The monoisotopic (exact) mass is 417 g/mol. The zero-order chi connectivity index (χ0) is 22.4. The van der Waals surface area contributed by atoms with Gasteiger partial charge in [-0.15, -0.1) is 0 Å². The molecule has 0 fully saturated rings. The number of ketones is 1. The van der Waals surface area contributed by atoms with Gasteiger partial charge in [0.25, 0.3) is 5.91 Å². The number of hydrogen-bond acceptors (Lipinski definition) is 4. The van der Waals surface area contributed by atoms with Gasteiger partial charge in [0.05, 0.1) is 0 Å². The van der Waals surface area contributed by atoms with E-state index in [4.69, 9.17) is 0 Å². The van der Waals surface area contributed by atoms with Crippen LogP contribution in [0.3, 0.4) is 0 Å². The lowest BCUT2D eigenvalue weighted by Gasteiger charge is -2.29. The van der Waals surface area contributed by atoms with Gasteiger partial charge in [-0.05, 0) is 36.2 Å². The molecule has 0 aliphatic carbocycles. The SMILES string of the molecule is CCC(Cc1ccc(O)cc1)(NC(=O)c1ccc(C(=O)c2ccccc2)cc1)C(=O)O. The van der Waals surface area contributed by atoms with E-state index in [9.17, 15) is 24.6 Å². The normalized spacial score (nSPS) is 12.5. The molecular formula is C25H23NO5. The first-order valence-electron chi connectivity index (χ1n) is 9.88. The summed E-state index contributed by atoms with van der Waals surface area (Å²) in [6.45, 7) is 1.69. The van der Waals surface area contributed by atoms with E-state index in [1.807, 2.05) is 6.07 Å². The van der Waals surface area contributed by atoms with Gasteiger partial charge in [0.1, 0.15) is 11.3 Å². The second-order valence-electron chi connectivity index (χ2n) is 7.31. The maximum atomic E-state index is 12.8. The molecule has 0 aliphatic heterocycles. The highest BCUT2D eigenvalue weighted by molar-refractivity contribution is 6.09. The molecule has 31 heavy (non-hydrogen) atoms. The predicted octanol–water partition coefficient (Wildman–Crippen LogP) is 3.83. The minimum atomic E-state index is -1.51. The fourth-order valence-corrected chi connectivity index (χ4v) is 3.32. The lowest BCUT2D eigenvalue weighted by molar-refractivity contribution is -0.144. The molecule has 0 radical (unpaired) electrons. The highest BCUT2D eigenvalue weighted by Gasteiger charge is 2.38. The van der Waals surface area contributed by atoms with Gasteiger partial charge < -0.3 is 15.5 Å². The number of carboxylic acids is 1. The van der Waals surface area contributed by atoms with Crippen molar-refractivity contribution in [1.29, 1.82) is 0 Å². The number of hydrogen-bond donors (Lipinski definition) is 3. The topological polar surface area (TPSA) is 104 Å². The summed E-state index contributed by atoms with van der Waals surface area (Å²) >= 11 is 0. The molecule has 3 aromatic carbocycles. The molecule has 6 heteroatoms. The highest BCUT2D eigenvalue weighted by Crippen LogP contribution is 2.21. The van der Waals surface area contributed by atoms with Crippen molar-refractivity contribution in [2.24, 2.45) is 0 Å². The maximum absolute atomic E-state index is 12.8. The molecule has 0 saturated heterocycles. The van der Waals surface area contributed by atoms with Crippen molar-refractivity contribution < 1.29 is 24.6 Å². The molecule has 3 N–H and O–H groups in total. The van der Waals surface area contributed by atoms with Crippen LogP contribution in [0.5, 0.6) is 5.75 Å². The van der Waals surface area contributed by atoms with Crippen LogP contribution < -0.4 is 5.32 Å². The first kappa shape index (κ1) is 21.8. The van der Waals surface area contributed by atoms with Gasteiger partial charge in [0, 0.05) is 23.1 Å². The third kappa shape index (κ3) is 4.98. The summed E-state index contributed by atoms with van der Waals surface area (Å²) < 4.78 is 0. The quantitative estimate of drug-likeness (QED) is 0.483. The van der Waals surface area contributed by atoms with Crippen molar-refractivity contribution >= 4 is 17.7 Å². The minimum absolute atomic E-state index is 0.0649. The summed E-state index contributed by atoms with van der Waals surface area (Å²) in [4.78, 5) is 37.4. The third-order valence-corrected chi connectivity index (χ3v) is 5.25. The van der Waals surface area contributed by atoms with Gasteiger partial charge in [0.15, 0.2) is 5.78 Å². The Kier molecular flexibility index (Phi) is 6.50. The van der Waals surface area contributed by atoms with Crippen LogP contribution in [0.2, 0.25) is 0 Å². The number of amides is 1. The van der Waals surface area contributed by atoms with Crippen LogP contribution in [0.4, 0.5) is 0 Å². The number of nitrogens with one attached hydrogen (secondary N) is 1. The molecule has 158 valence electrons. The standard InChI is InChI=1S/C25H23NO5/c1-2-25(24(30)31,16-17-8-14-21(27)15-9-17)26-23(29)20-12-10-19(11-13-20)22(28)18-6-4-3-5-7-18/h3-15,27H,2,16H2,1H3,(H,26,29)(H,30,31). The van der Waals surface area contributed by atoms with Gasteiger partial charge >= 0.3 is 5.97 Å². The van der Waals surface area contributed by atoms with E-state index in [-0.39, 0.29) is 29.9 Å². The second-order valence-corrected chi connectivity index (χ2v) is 7.31. The van der Waals surface area contributed by atoms with Crippen LogP contribution in [-0.4, -0.2) is 33.4 Å². The Balaban J connectivity index is 1.79. The molecule has 6 nitrogen and oxygen atoms in total. The molecule has 0 heterocycles. The van der Waals surface area contributed by atoms with E-state index in [1.54, 1.807) is 55.5 Å². The van der Waals surface area contributed by atoms with E-state index < -0.39 is 17.4 Å². The van der Waals surface area contributed by atoms with Gasteiger partial charge in [-0.25, -0.2) is 4.79 Å².